The number of amides is 2. The average molecular weight is 679 g/mol. The molecule has 0 bridgehead atoms. The highest BCUT2D eigenvalue weighted by atomic mass is 35.5. The van der Waals surface area contributed by atoms with Gasteiger partial charge in [-0.05, 0) is 48.0 Å². The average Bonchev–Trinajstić information content (AvgIpc) is 2.98. The van der Waals surface area contributed by atoms with Gasteiger partial charge >= 0.3 is 0 Å². The highest BCUT2D eigenvalue weighted by Crippen LogP contribution is 2.31. The molecular formula is C31H27Cl4N3O4S. The summed E-state index contributed by atoms with van der Waals surface area (Å²) in [5, 5.41) is 3.55. The first kappa shape index (κ1) is 32.6. The summed E-state index contributed by atoms with van der Waals surface area (Å²) in [6, 6.07) is 24.9. The van der Waals surface area contributed by atoms with Crippen molar-refractivity contribution < 1.29 is 18.0 Å². The fourth-order valence-corrected chi connectivity index (χ4v) is 6.96. The van der Waals surface area contributed by atoms with Crippen molar-refractivity contribution in [2.45, 2.75) is 23.9 Å². The Morgan fingerprint density at radius 3 is 1.91 bits per heavy atom. The van der Waals surface area contributed by atoms with Gasteiger partial charge < -0.3 is 10.2 Å². The zero-order valence-corrected chi connectivity index (χ0v) is 26.7. The number of hydrogen-bond acceptors (Lipinski definition) is 4. The van der Waals surface area contributed by atoms with Crippen LogP contribution in [0.2, 0.25) is 20.1 Å². The monoisotopic (exact) mass is 677 g/mol. The molecule has 224 valence electrons. The topological polar surface area (TPSA) is 86.8 Å². The number of halogens is 4. The largest absolute Gasteiger partial charge is 0.357 e. The maximum absolute atomic E-state index is 14.3. The van der Waals surface area contributed by atoms with Gasteiger partial charge in [0, 0.05) is 45.7 Å². The van der Waals surface area contributed by atoms with E-state index in [1.165, 1.54) is 42.3 Å². The zero-order chi connectivity index (χ0) is 31.1. The molecule has 1 atom stereocenters. The van der Waals surface area contributed by atoms with Crippen molar-refractivity contribution in [2.24, 2.45) is 0 Å². The zero-order valence-electron chi connectivity index (χ0n) is 22.9. The number of nitrogens with zero attached hydrogens (tertiary/aromatic N) is 2. The van der Waals surface area contributed by atoms with Crippen molar-refractivity contribution in [3.05, 3.63) is 128 Å². The molecule has 2 amide bonds. The second-order valence-corrected chi connectivity index (χ2v) is 13.0. The van der Waals surface area contributed by atoms with Gasteiger partial charge in [0.05, 0.1) is 10.6 Å². The molecule has 0 aliphatic heterocycles. The third kappa shape index (κ3) is 8.02. The van der Waals surface area contributed by atoms with Crippen LogP contribution >= 0.6 is 46.4 Å². The Balaban J connectivity index is 1.84. The fraction of sp³-hybridized carbons (Fsp3) is 0.161. The van der Waals surface area contributed by atoms with Crippen LogP contribution in [0, 0.1) is 0 Å². The van der Waals surface area contributed by atoms with E-state index in [1.807, 2.05) is 30.3 Å². The Morgan fingerprint density at radius 2 is 1.35 bits per heavy atom. The van der Waals surface area contributed by atoms with Crippen molar-refractivity contribution in [2.75, 3.05) is 17.9 Å². The Labute approximate surface area is 271 Å². The number of anilines is 1. The quantitative estimate of drug-likeness (QED) is 0.187. The first-order chi connectivity index (χ1) is 20.5. The molecule has 4 aromatic rings. The van der Waals surface area contributed by atoms with Crippen LogP contribution in [0.1, 0.15) is 11.1 Å². The van der Waals surface area contributed by atoms with E-state index >= 15 is 0 Å². The first-order valence-corrected chi connectivity index (χ1v) is 16.0. The van der Waals surface area contributed by atoms with Gasteiger partial charge in [-0.25, -0.2) is 8.42 Å². The molecule has 7 nitrogen and oxygen atoms in total. The summed E-state index contributed by atoms with van der Waals surface area (Å²) in [6.45, 7) is -0.851. The van der Waals surface area contributed by atoms with Gasteiger partial charge in [-0.15, -0.1) is 0 Å². The number of hydrogen-bond donors (Lipinski definition) is 1. The fourth-order valence-electron chi connectivity index (χ4n) is 4.51. The van der Waals surface area contributed by atoms with E-state index < -0.39 is 34.4 Å². The summed E-state index contributed by atoms with van der Waals surface area (Å²) < 4.78 is 28.9. The van der Waals surface area contributed by atoms with Crippen LogP contribution in [0.4, 0.5) is 5.69 Å². The van der Waals surface area contributed by atoms with E-state index in [1.54, 1.807) is 36.4 Å². The van der Waals surface area contributed by atoms with Crippen LogP contribution in [0.25, 0.3) is 0 Å². The molecule has 0 aromatic heterocycles. The predicted octanol–water partition coefficient (Wildman–Crippen LogP) is 6.88. The summed E-state index contributed by atoms with van der Waals surface area (Å²) in [5.41, 5.74) is 1.27. The van der Waals surface area contributed by atoms with Crippen LogP contribution in [0.5, 0.6) is 0 Å². The minimum absolute atomic E-state index is 0.0493. The molecule has 43 heavy (non-hydrogen) atoms. The lowest BCUT2D eigenvalue weighted by molar-refractivity contribution is -0.139. The molecule has 0 radical (unpaired) electrons. The smallest absolute Gasteiger partial charge is 0.264 e. The number of benzene rings is 4. The van der Waals surface area contributed by atoms with E-state index in [0.29, 0.717) is 5.56 Å². The predicted molar refractivity (Wildman–Crippen MR) is 172 cm³/mol. The van der Waals surface area contributed by atoms with Crippen molar-refractivity contribution in [3.8, 4) is 0 Å². The standard InChI is InChI=1S/C31H27Cl4N3O4S/c1-36-31(40)29(15-21-9-4-2-5-10-21)37(19-26-27(34)13-8-14-28(26)35)30(39)20-38(24-17-22(32)16-23(33)18-24)43(41,42)25-11-6-3-7-12-25/h2-14,16-18,29H,15,19-20H2,1H3,(H,36,40)/t29-/m0/s1. The van der Waals surface area contributed by atoms with Gasteiger partial charge in [0.15, 0.2) is 0 Å². The number of likely N-dealkylation sites (N-methyl/N-ethyl adjacent to an activating group) is 1. The molecule has 0 fully saturated rings. The summed E-state index contributed by atoms with van der Waals surface area (Å²) in [7, 11) is -2.84. The molecule has 0 heterocycles. The van der Waals surface area contributed by atoms with Gasteiger partial charge in [0.1, 0.15) is 12.6 Å². The summed E-state index contributed by atoms with van der Waals surface area (Å²) in [5.74, 6) is -1.14. The summed E-state index contributed by atoms with van der Waals surface area (Å²) in [4.78, 5) is 28.9. The van der Waals surface area contributed by atoms with Gasteiger partial charge in [0.25, 0.3) is 10.0 Å². The van der Waals surface area contributed by atoms with Gasteiger partial charge in [0.2, 0.25) is 11.8 Å². The molecule has 12 heteroatoms. The Kier molecular flexibility index (Phi) is 11.0. The molecule has 4 aromatic carbocycles. The molecule has 4 rings (SSSR count). The molecule has 0 saturated carbocycles. The minimum atomic E-state index is -4.30. The lowest BCUT2D eigenvalue weighted by Gasteiger charge is -2.34. The maximum Gasteiger partial charge on any atom is 0.264 e. The SMILES string of the molecule is CNC(=O)[C@H](Cc1ccccc1)N(Cc1c(Cl)cccc1Cl)C(=O)CN(c1cc(Cl)cc(Cl)c1)S(=O)(=O)c1ccccc1. The Morgan fingerprint density at radius 1 is 0.791 bits per heavy atom. The molecule has 0 saturated heterocycles. The molecule has 0 aliphatic rings. The second kappa shape index (κ2) is 14.5. The van der Waals surface area contributed by atoms with E-state index in [4.69, 9.17) is 46.4 Å². The molecule has 1 N–H and O–H groups in total. The third-order valence-corrected chi connectivity index (χ3v) is 9.59. The number of rotatable bonds is 11. The minimum Gasteiger partial charge on any atom is -0.357 e. The van der Waals surface area contributed by atoms with E-state index in [-0.39, 0.29) is 43.6 Å². The maximum atomic E-state index is 14.3. The van der Waals surface area contributed by atoms with Crippen molar-refractivity contribution in [1.29, 1.82) is 0 Å². The van der Waals surface area contributed by atoms with E-state index in [0.717, 1.165) is 9.87 Å². The normalized spacial score (nSPS) is 11.9. The Bertz CT molecular complexity index is 1670. The lowest BCUT2D eigenvalue weighted by Crippen LogP contribution is -2.53. The van der Waals surface area contributed by atoms with Crippen LogP contribution < -0.4 is 9.62 Å². The Hall–Kier alpha value is -3.27. The number of sulfonamides is 1. The van der Waals surface area contributed by atoms with Crippen LogP contribution in [0.15, 0.2) is 102 Å². The van der Waals surface area contributed by atoms with Crippen LogP contribution in [0.3, 0.4) is 0 Å². The molecule has 0 spiro atoms. The highest BCUT2D eigenvalue weighted by molar-refractivity contribution is 7.92. The highest BCUT2D eigenvalue weighted by Gasteiger charge is 2.35. The van der Waals surface area contributed by atoms with E-state index in [2.05, 4.69) is 5.32 Å². The van der Waals surface area contributed by atoms with Gasteiger partial charge in [-0.2, -0.15) is 0 Å². The summed E-state index contributed by atoms with van der Waals surface area (Å²) >= 11 is 25.5. The van der Waals surface area contributed by atoms with Crippen molar-refractivity contribution in [3.63, 3.8) is 0 Å². The molecule has 0 unspecified atom stereocenters. The van der Waals surface area contributed by atoms with Crippen molar-refractivity contribution >= 4 is 73.9 Å². The van der Waals surface area contributed by atoms with E-state index in [9.17, 15) is 18.0 Å². The molecular weight excluding hydrogens is 652 g/mol. The summed E-state index contributed by atoms with van der Waals surface area (Å²) in [6.07, 6.45) is 0.142. The first-order valence-electron chi connectivity index (χ1n) is 13.0. The number of nitrogens with one attached hydrogen (secondary N) is 1. The number of carbonyl (C=O) groups excluding carboxylic acids is 2. The van der Waals surface area contributed by atoms with Gasteiger partial charge in [-0.1, -0.05) is 101 Å². The third-order valence-electron chi connectivity index (χ3n) is 6.65. The van der Waals surface area contributed by atoms with Gasteiger partial charge in [-0.3, -0.25) is 13.9 Å². The lowest BCUT2D eigenvalue weighted by atomic mass is 10.0. The van der Waals surface area contributed by atoms with Crippen LogP contribution in [-0.2, 0) is 32.6 Å². The second-order valence-electron chi connectivity index (χ2n) is 9.49. The molecule has 0 aliphatic carbocycles. The van der Waals surface area contributed by atoms with Crippen LogP contribution in [-0.4, -0.2) is 44.8 Å². The number of carbonyl (C=O) groups is 2. The van der Waals surface area contributed by atoms with Crippen molar-refractivity contribution in [1.82, 2.24) is 10.2 Å².